The second-order valence-electron chi connectivity index (χ2n) is 8.79. The van der Waals surface area contributed by atoms with Crippen molar-refractivity contribution in [2.75, 3.05) is 26.9 Å². The second-order valence-corrected chi connectivity index (χ2v) is 8.79. The minimum atomic E-state index is -0.767. The van der Waals surface area contributed by atoms with Crippen LogP contribution < -0.4 is 9.47 Å². The molecule has 1 aliphatic rings. The normalized spacial score (nSPS) is 16.7. The maximum atomic E-state index is 13.1. The minimum absolute atomic E-state index is 0.0306. The summed E-state index contributed by atoms with van der Waals surface area (Å²) in [6.07, 6.45) is 0. The van der Waals surface area contributed by atoms with E-state index in [4.69, 9.17) is 14.2 Å². The standard InChI is InChI=1S/C30H31NO6/c1-4-36-25-7-5-6-23(18-25)28(32)26-27(31(16-17-35-3)30(34)29(26)33)22-12-14-24(15-13-22)37-19-21-10-8-20(2)9-11-21/h5-15,18,27,32H,4,16-17,19H2,1-3H3/b28-26-. The number of rotatable bonds is 10. The van der Waals surface area contributed by atoms with Crippen molar-refractivity contribution in [1.82, 2.24) is 4.90 Å². The summed E-state index contributed by atoms with van der Waals surface area (Å²) < 4.78 is 16.6. The van der Waals surface area contributed by atoms with Crippen molar-refractivity contribution in [1.29, 1.82) is 0 Å². The number of ether oxygens (including phenoxy) is 3. The predicted molar refractivity (Wildman–Crippen MR) is 140 cm³/mol. The fourth-order valence-electron chi connectivity index (χ4n) is 4.30. The third-order valence-corrected chi connectivity index (χ3v) is 6.22. The second kappa shape index (κ2) is 11.8. The van der Waals surface area contributed by atoms with Crippen LogP contribution >= 0.6 is 0 Å². The lowest BCUT2D eigenvalue weighted by Gasteiger charge is -2.25. The zero-order valence-corrected chi connectivity index (χ0v) is 21.3. The first-order chi connectivity index (χ1) is 17.9. The fraction of sp³-hybridized carbons (Fsp3) is 0.267. The summed E-state index contributed by atoms with van der Waals surface area (Å²) in [5.74, 6) is -0.441. The molecule has 1 aliphatic heterocycles. The topological polar surface area (TPSA) is 85.3 Å². The summed E-state index contributed by atoms with van der Waals surface area (Å²) in [6, 6.07) is 21.4. The lowest BCUT2D eigenvalue weighted by molar-refractivity contribution is -0.140. The molecule has 1 amide bonds. The first-order valence-electron chi connectivity index (χ1n) is 12.2. The van der Waals surface area contributed by atoms with Gasteiger partial charge in [-0.3, -0.25) is 9.59 Å². The quantitative estimate of drug-likeness (QED) is 0.238. The van der Waals surface area contributed by atoms with Crippen molar-refractivity contribution < 1.29 is 28.9 Å². The molecule has 3 aromatic carbocycles. The van der Waals surface area contributed by atoms with E-state index in [-0.39, 0.29) is 24.5 Å². The molecule has 1 N–H and O–H groups in total. The molecule has 1 atom stereocenters. The van der Waals surface area contributed by atoms with Crippen molar-refractivity contribution >= 4 is 17.4 Å². The van der Waals surface area contributed by atoms with E-state index in [1.54, 1.807) is 36.4 Å². The van der Waals surface area contributed by atoms with Crippen LogP contribution in [0.2, 0.25) is 0 Å². The number of aliphatic hydroxyl groups excluding tert-OH is 1. The molecular formula is C30H31NO6. The van der Waals surface area contributed by atoms with Crippen LogP contribution in [0.5, 0.6) is 11.5 Å². The van der Waals surface area contributed by atoms with Crippen LogP contribution in [0.25, 0.3) is 5.76 Å². The molecule has 0 radical (unpaired) electrons. The summed E-state index contributed by atoms with van der Waals surface area (Å²) in [5, 5.41) is 11.2. The molecule has 7 nitrogen and oxygen atoms in total. The Morgan fingerprint density at radius 2 is 1.68 bits per heavy atom. The van der Waals surface area contributed by atoms with E-state index in [9.17, 15) is 14.7 Å². The summed E-state index contributed by atoms with van der Waals surface area (Å²) in [5.41, 5.74) is 3.35. The minimum Gasteiger partial charge on any atom is -0.507 e. The molecular weight excluding hydrogens is 470 g/mol. The summed E-state index contributed by atoms with van der Waals surface area (Å²) in [7, 11) is 1.53. The third kappa shape index (κ3) is 5.84. The van der Waals surface area contributed by atoms with Crippen LogP contribution in [0, 0.1) is 6.92 Å². The van der Waals surface area contributed by atoms with Crippen molar-refractivity contribution in [2.24, 2.45) is 0 Å². The molecule has 0 spiro atoms. The molecule has 1 saturated heterocycles. The molecule has 37 heavy (non-hydrogen) atoms. The van der Waals surface area contributed by atoms with Gasteiger partial charge in [-0.25, -0.2) is 0 Å². The van der Waals surface area contributed by atoms with Crippen LogP contribution in [-0.2, 0) is 20.9 Å². The van der Waals surface area contributed by atoms with Crippen molar-refractivity contribution in [3.63, 3.8) is 0 Å². The number of Topliss-reactive ketones (excluding diaryl/α,β-unsaturated/α-hetero) is 1. The maximum absolute atomic E-state index is 13.1. The van der Waals surface area contributed by atoms with E-state index in [1.165, 1.54) is 17.6 Å². The van der Waals surface area contributed by atoms with Crippen LogP contribution in [0.15, 0.2) is 78.4 Å². The van der Waals surface area contributed by atoms with E-state index in [0.29, 0.717) is 35.8 Å². The number of aliphatic hydroxyl groups is 1. The van der Waals surface area contributed by atoms with Gasteiger partial charge in [0.2, 0.25) is 0 Å². The van der Waals surface area contributed by atoms with Crippen LogP contribution in [0.1, 0.15) is 35.2 Å². The SMILES string of the molecule is CCOc1cccc(/C(O)=C2/C(=O)C(=O)N(CCOC)C2c2ccc(OCc3ccc(C)cc3)cc2)c1. The lowest BCUT2D eigenvalue weighted by Crippen LogP contribution is -2.32. The molecule has 192 valence electrons. The zero-order chi connectivity index (χ0) is 26.4. The van der Waals surface area contributed by atoms with Gasteiger partial charge >= 0.3 is 0 Å². The number of carbonyl (C=O) groups is 2. The van der Waals surface area contributed by atoms with E-state index in [1.807, 2.05) is 50.2 Å². The van der Waals surface area contributed by atoms with Gasteiger partial charge in [-0.05, 0) is 49.2 Å². The highest BCUT2D eigenvalue weighted by Gasteiger charge is 2.45. The Morgan fingerprint density at radius 1 is 0.946 bits per heavy atom. The molecule has 1 heterocycles. The van der Waals surface area contributed by atoms with Crippen molar-refractivity contribution in [3.05, 3.63) is 101 Å². The average Bonchev–Trinajstić information content (AvgIpc) is 3.16. The number of carbonyl (C=O) groups excluding carboxylic acids is 2. The molecule has 3 aromatic rings. The Bertz CT molecular complexity index is 1280. The number of hydrogen-bond acceptors (Lipinski definition) is 6. The Labute approximate surface area is 216 Å². The lowest BCUT2D eigenvalue weighted by atomic mass is 9.95. The van der Waals surface area contributed by atoms with Crippen molar-refractivity contribution in [2.45, 2.75) is 26.5 Å². The van der Waals surface area contributed by atoms with Gasteiger partial charge in [0.15, 0.2) is 0 Å². The van der Waals surface area contributed by atoms with Gasteiger partial charge < -0.3 is 24.2 Å². The number of benzene rings is 3. The van der Waals surface area contributed by atoms with Gasteiger partial charge in [-0.1, -0.05) is 54.1 Å². The molecule has 0 bridgehead atoms. The number of aryl methyl sites for hydroxylation is 1. The summed E-state index contributed by atoms with van der Waals surface area (Å²) >= 11 is 0. The largest absolute Gasteiger partial charge is 0.507 e. The van der Waals surface area contributed by atoms with Gasteiger partial charge in [0.25, 0.3) is 11.7 Å². The van der Waals surface area contributed by atoms with E-state index < -0.39 is 17.7 Å². The first-order valence-corrected chi connectivity index (χ1v) is 12.2. The van der Waals surface area contributed by atoms with E-state index in [2.05, 4.69) is 0 Å². The van der Waals surface area contributed by atoms with Gasteiger partial charge in [0.05, 0.1) is 24.8 Å². The van der Waals surface area contributed by atoms with Gasteiger partial charge in [0.1, 0.15) is 23.9 Å². The fourth-order valence-corrected chi connectivity index (χ4v) is 4.30. The first kappa shape index (κ1) is 26.0. The highest BCUT2D eigenvalue weighted by atomic mass is 16.5. The molecule has 0 aromatic heterocycles. The average molecular weight is 502 g/mol. The highest BCUT2D eigenvalue weighted by Crippen LogP contribution is 2.40. The Morgan fingerprint density at radius 3 is 2.35 bits per heavy atom. The van der Waals surface area contributed by atoms with Gasteiger partial charge in [0, 0.05) is 19.2 Å². The van der Waals surface area contributed by atoms with Crippen LogP contribution in [0.3, 0.4) is 0 Å². The van der Waals surface area contributed by atoms with E-state index >= 15 is 0 Å². The molecule has 1 fully saturated rings. The Hall–Kier alpha value is -4.10. The number of methoxy groups -OCH3 is 1. The van der Waals surface area contributed by atoms with Gasteiger partial charge in [-0.15, -0.1) is 0 Å². The van der Waals surface area contributed by atoms with Crippen LogP contribution in [0.4, 0.5) is 0 Å². The number of amides is 1. The van der Waals surface area contributed by atoms with E-state index in [0.717, 1.165) is 5.56 Å². The van der Waals surface area contributed by atoms with Gasteiger partial charge in [-0.2, -0.15) is 0 Å². The molecule has 0 aliphatic carbocycles. The molecule has 7 heteroatoms. The number of nitrogens with zero attached hydrogens (tertiary/aromatic N) is 1. The number of ketones is 1. The Kier molecular flexibility index (Phi) is 8.25. The maximum Gasteiger partial charge on any atom is 0.295 e. The smallest absolute Gasteiger partial charge is 0.295 e. The molecule has 1 unspecified atom stereocenters. The Balaban J connectivity index is 1.66. The number of hydrogen-bond donors (Lipinski definition) is 1. The summed E-state index contributed by atoms with van der Waals surface area (Å²) in [4.78, 5) is 27.6. The monoisotopic (exact) mass is 501 g/mol. The molecule has 0 saturated carbocycles. The number of likely N-dealkylation sites (tertiary alicyclic amines) is 1. The summed E-state index contributed by atoms with van der Waals surface area (Å²) in [6.45, 7) is 5.23. The highest BCUT2D eigenvalue weighted by molar-refractivity contribution is 6.46. The van der Waals surface area contributed by atoms with Crippen LogP contribution in [-0.4, -0.2) is 48.6 Å². The predicted octanol–water partition coefficient (Wildman–Crippen LogP) is 5.04. The third-order valence-electron chi connectivity index (χ3n) is 6.22. The molecule has 4 rings (SSSR count). The van der Waals surface area contributed by atoms with Crippen molar-refractivity contribution in [3.8, 4) is 11.5 Å². The zero-order valence-electron chi connectivity index (χ0n) is 21.3.